The average molecular weight is 289 g/mol. The van der Waals surface area contributed by atoms with Gasteiger partial charge in [0.15, 0.2) is 0 Å². The van der Waals surface area contributed by atoms with E-state index in [0.717, 1.165) is 16.9 Å². The maximum Gasteiger partial charge on any atom is 0.223 e. The van der Waals surface area contributed by atoms with E-state index in [1.54, 1.807) is 0 Å². The van der Waals surface area contributed by atoms with Crippen LogP contribution in [0, 0.1) is 0 Å². The van der Waals surface area contributed by atoms with Gasteiger partial charge in [0.1, 0.15) is 5.82 Å². The minimum absolute atomic E-state index is 0.0618. The molecule has 0 spiro atoms. The molecule has 2 aromatic rings. The molecule has 0 bridgehead atoms. The Kier molecular flexibility index (Phi) is 3.90. The lowest BCUT2D eigenvalue weighted by atomic mass is 10.1. The quantitative estimate of drug-likeness (QED) is 0.765. The van der Waals surface area contributed by atoms with Gasteiger partial charge in [-0.2, -0.15) is 0 Å². The molecule has 1 fully saturated rings. The van der Waals surface area contributed by atoms with Crippen LogP contribution >= 0.6 is 0 Å². The van der Waals surface area contributed by atoms with Crippen molar-refractivity contribution < 1.29 is 15.0 Å². The molecule has 1 saturated heterocycles. The number of nitrogens with one attached hydrogen (secondary N) is 1. The van der Waals surface area contributed by atoms with Crippen LogP contribution in [0.3, 0.4) is 0 Å². The molecule has 6 heteroatoms. The molecule has 2 heterocycles. The average Bonchev–Trinajstić information content (AvgIpc) is 2.86. The van der Waals surface area contributed by atoms with E-state index in [-0.39, 0.29) is 5.91 Å². The number of aryl methyl sites for hydroxylation is 1. The summed E-state index contributed by atoms with van der Waals surface area (Å²) in [5.74, 6) is 0.718. The molecule has 2 atom stereocenters. The number of H-pyrrole nitrogens is 1. The van der Waals surface area contributed by atoms with Gasteiger partial charge in [0.25, 0.3) is 0 Å². The number of likely N-dealkylation sites (tertiary alicyclic amines) is 1. The van der Waals surface area contributed by atoms with E-state index < -0.39 is 12.2 Å². The van der Waals surface area contributed by atoms with E-state index in [1.807, 2.05) is 24.3 Å². The van der Waals surface area contributed by atoms with E-state index in [2.05, 4.69) is 9.97 Å². The summed E-state index contributed by atoms with van der Waals surface area (Å²) in [5.41, 5.74) is 1.85. The van der Waals surface area contributed by atoms with Crippen LogP contribution in [0.4, 0.5) is 0 Å². The van der Waals surface area contributed by atoms with Gasteiger partial charge in [-0.3, -0.25) is 4.79 Å². The molecule has 3 rings (SSSR count). The predicted octanol–water partition coefficient (Wildman–Crippen LogP) is 0.450. The lowest BCUT2D eigenvalue weighted by Gasteiger charge is -2.33. The van der Waals surface area contributed by atoms with Crippen molar-refractivity contribution in [3.63, 3.8) is 0 Å². The number of amides is 1. The minimum Gasteiger partial charge on any atom is -0.391 e. The van der Waals surface area contributed by atoms with Crippen molar-refractivity contribution in [2.24, 2.45) is 0 Å². The fraction of sp³-hybridized carbons (Fsp3) is 0.467. The summed E-state index contributed by atoms with van der Waals surface area (Å²) in [4.78, 5) is 21.3. The van der Waals surface area contributed by atoms with Crippen molar-refractivity contribution in [3.8, 4) is 0 Å². The lowest BCUT2D eigenvalue weighted by Crippen LogP contribution is -2.48. The largest absolute Gasteiger partial charge is 0.391 e. The van der Waals surface area contributed by atoms with Crippen molar-refractivity contribution >= 4 is 16.9 Å². The van der Waals surface area contributed by atoms with Crippen molar-refractivity contribution in [3.05, 3.63) is 30.1 Å². The second-order valence-electron chi connectivity index (χ2n) is 5.54. The highest BCUT2D eigenvalue weighted by Gasteiger charge is 2.27. The first-order valence-electron chi connectivity index (χ1n) is 7.19. The Hall–Kier alpha value is -1.92. The number of imidazole rings is 1. The van der Waals surface area contributed by atoms with Crippen LogP contribution in [0.2, 0.25) is 0 Å². The summed E-state index contributed by atoms with van der Waals surface area (Å²) < 4.78 is 0. The molecule has 0 saturated carbocycles. The molecule has 21 heavy (non-hydrogen) atoms. The Morgan fingerprint density at radius 2 is 2.00 bits per heavy atom. The Labute approximate surface area is 122 Å². The van der Waals surface area contributed by atoms with Crippen LogP contribution in [-0.2, 0) is 11.2 Å². The van der Waals surface area contributed by atoms with Gasteiger partial charge in [0.05, 0.1) is 23.2 Å². The Balaban J connectivity index is 1.60. The van der Waals surface area contributed by atoms with E-state index in [1.165, 1.54) is 4.90 Å². The van der Waals surface area contributed by atoms with Crippen LogP contribution in [0.1, 0.15) is 18.7 Å². The van der Waals surface area contributed by atoms with Gasteiger partial charge in [-0.05, 0) is 12.1 Å². The number of fused-ring (bicyclic) bond motifs is 1. The fourth-order valence-corrected chi connectivity index (χ4v) is 2.76. The third kappa shape index (κ3) is 3.22. The lowest BCUT2D eigenvalue weighted by molar-refractivity contribution is -0.137. The number of rotatable bonds is 3. The number of piperidine rings is 1. The number of β-amino-alcohol motifs (C(OH)–C–C–N with tert-alkyl or cyclic N) is 2. The normalized spacial score (nSPS) is 22.7. The molecule has 1 amide bonds. The maximum absolute atomic E-state index is 12.1. The van der Waals surface area contributed by atoms with Crippen LogP contribution in [0.15, 0.2) is 24.3 Å². The number of benzene rings is 1. The van der Waals surface area contributed by atoms with Crippen molar-refractivity contribution in [2.45, 2.75) is 31.5 Å². The molecule has 1 aliphatic rings. The van der Waals surface area contributed by atoms with Crippen LogP contribution < -0.4 is 0 Å². The molecule has 0 unspecified atom stereocenters. The Morgan fingerprint density at radius 1 is 1.29 bits per heavy atom. The van der Waals surface area contributed by atoms with E-state index in [9.17, 15) is 15.0 Å². The van der Waals surface area contributed by atoms with Gasteiger partial charge < -0.3 is 20.1 Å². The van der Waals surface area contributed by atoms with Crippen molar-refractivity contribution in [2.75, 3.05) is 13.1 Å². The molecular formula is C15H19N3O3. The smallest absolute Gasteiger partial charge is 0.223 e. The standard InChI is InChI=1S/C15H19N3O3/c19-10-7-11(20)9-18(8-10)15(21)6-5-14-16-12-3-1-2-4-13(12)17-14/h1-4,10-11,19-20H,5-9H2,(H,16,17)/t10-,11-/m1/s1. The molecule has 6 nitrogen and oxygen atoms in total. The number of aromatic nitrogens is 2. The minimum atomic E-state index is -0.635. The first kappa shape index (κ1) is 14.0. The highest BCUT2D eigenvalue weighted by Crippen LogP contribution is 2.14. The van der Waals surface area contributed by atoms with Crippen LogP contribution in [-0.4, -0.2) is 56.3 Å². The summed E-state index contributed by atoms with van der Waals surface area (Å²) in [6.07, 6.45) is -0.0872. The third-order valence-electron chi connectivity index (χ3n) is 3.77. The predicted molar refractivity (Wildman–Crippen MR) is 77.6 cm³/mol. The van der Waals surface area contributed by atoms with Gasteiger partial charge in [-0.1, -0.05) is 12.1 Å². The molecular weight excluding hydrogens is 270 g/mol. The summed E-state index contributed by atoms with van der Waals surface area (Å²) in [6.45, 7) is 0.603. The number of carbonyl (C=O) groups excluding carboxylic acids is 1. The molecule has 1 aromatic carbocycles. The molecule has 3 N–H and O–H groups in total. The zero-order chi connectivity index (χ0) is 14.8. The number of nitrogens with zero attached hydrogens (tertiary/aromatic N) is 2. The molecule has 1 aromatic heterocycles. The number of aliphatic hydroxyl groups excluding tert-OH is 2. The van der Waals surface area contributed by atoms with Crippen LogP contribution in [0.25, 0.3) is 11.0 Å². The zero-order valence-corrected chi connectivity index (χ0v) is 11.7. The molecule has 112 valence electrons. The summed E-state index contributed by atoms with van der Waals surface area (Å²) in [6, 6.07) is 7.74. The van der Waals surface area contributed by atoms with E-state index in [4.69, 9.17) is 0 Å². The zero-order valence-electron chi connectivity index (χ0n) is 11.7. The second-order valence-corrected chi connectivity index (χ2v) is 5.54. The first-order chi connectivity index (χ1) is 10.1. The van der Waals surface area contributed by atoms with Gasteiger partial charge >= 0.3 is 0 Å². The van der Waals surface area contributed by atoms with E-state index in [0.29, 0.717) is 32.4 Å². The monoisotopic (exact) mass is 289 g/mol. The van der Waals surface area contributed by atoms with Crippen molar-refractivity contribution in [1.82, 2.24) is 14.9 Å². The number of aromatic amines is 1. The Morgan fingerprint density at radius 3 is 2.71 bits per heavy atom. The number of hydrogen-bond donors (Lipinski definition) is 3. The third-order valence-corrected chi connectivity index (χ3v) is 3.77. The van der Waals surface area contributed by atoms with Gasteiger partial charge in [-0.15, -0.1) is 0 Å². The molecule has 0 aliphatic carbocycles. The summed E-state index contributed by atoms with van der Waals surface area (Å²) in [5, 5.41) is 19.2. The first-order valence-corrected chi connectivity index (χ1v) is 7.19. The highest BCUT2D eigenvalue weighted by molar-refractivity contribution is 5.77. The Bertz CT molecular complexity index is 597. The SMILES string of the molecule is O=C(CCc1nc2ccccc2[nH]1)N1C[C@H](O)C[C@@H](O)C1. The number of carbonyl (C=O) groups is 1. The maximum atomic E-state index is 12.1. The van der Waals surface area contributed by atoms with Crippen LogP contribution in [0.5, 0.6) is 0 Å². The fourth-order valence-electron chi connectivity index (χ4n) is 2.76. The second kappa shape index (κ2) is 5.83. The summed E-state index contributed by atoms with van der Waals surface area (Å²) >= 11 is 0. The molecule has 0 radical (unpaired) electrons. The van der Waals surface area contributed by atoms with Gasteiger partial charge in [0, 0.05) is 32.4 Å². The number of aliphatic hydroxyl groups is 2. The van der Waals surface area contributed by atoms with E-state index >= 15 is 0 Å². The van der Waals surface area contributed by atoms with Gasteiger partial charge in [0.2, 0.25) is 5.91 Å². The highest BCUT2D eigenvalue weighted by atomic mass is 16.3. The topological polar surface area (TPSA) is 89.5 Å². The summed E-state index contributed by atoms with van der Waals surface area (Å²) in [7, 11) is 0. The molecule has 1 aliphatic heterocycles. The number of para-hydroxylation sites is 2. The number of hydrogen-bond acceptors (Lipinski definition) is 4. The van der Waals surface area contributed by atoms with Crippen molar-refractivity contribution in [1.29, 1.82) is 0 Å². The van der Waals surface area contributed by atoms with Gasteiger partial charge in [-0.25, -0.2) is 4.98 Å².